The molecule has 6 nitrogen and oxygen atoms in total. The van der Waals surface area contributed by atoms with Crippen LogP contribution in [-0.2, 0) is 4.79 Å². The van der Waals surface area contributed by atoms with Gasteiger partial charge in [-0.1, -0.05) is 18.2 Å². The van der Waals surface area contributed by atoms with Crippen LogP contribution in [0.4, 0.5) is 11.5 Å². The average molecular weight is 396 g/mol. The van der Waals surface area contributed by atoms with Gasteiger partial charge >= 0.3 is 0 Å². The number of carbonyl (C=O) groups is 1. The minimum absolute atomic E-state index is 0.0412. The first-order valence-electron chi connectivity index (χ1n) is 9.64. The molecule has 0 radical (unpaired) electrons. The molecule has 0 spiro atoms. The van der Waals surface area contributed by atoms with Crippen LogP contribution in [0.2, 0.25) is 0 Å². The van der Waals surface area contributed by atoms with Gasteiger partial charge in [0, 0.05) is 29.7 Å². The second kappa shape index (κ2) is 8.24. The maximum absolute atomic E-state index is 12.3. The highest BCUT2D eigenvalue weighted by molar-refractivity contribution is 7.18. The Balaban J connectivity index is 1.32. The Bertz CT molecular complexity index is 964. The minimum atomic E-state index is 0.0412. The predicted octanol–water partition coefficient (Wildman–Crippen LogP) is 3.82. The number of hydrogen-bond acceptors (Lipinski definition) is 6. The van der Waals surface area contributed by atoms with Crippen LogP contribution in [0, 0.1) is 13.8 Å². The van der Waals surface area contributed by atoms with Gasteiger partial charge in [-0.15, -0.1) is 11.3 Å². The van der Waals surface area contributed by atoms with Gasteiger partial charge in [-0.05, 0) is 44.4 Å². The Morgan fingerprint density at radius 3 is 2.68 bits per heavy atom. The van der Waals surface area contributed by atoms with Crippen molar-refractivity contribution >= 4 is 39.0 Å². The lowest BCUT2D eigenvalue weighted by Crippen LogP contribution is -2.42. The highest BCUT2D eigenvalue weighted by Gasteiger charge is 2.22. The molecule has 28 heavy (non-hydrogen) atoms. The van der Waals surface area contributed by atoms with Crippen LogP contribution in [0.25, 0.3) is 10.2 Å². The molecule has 3 aromatic rings. The van der Waals surface area contributed by atoms with E-state index in [9.17, 15) is 4.79 Å². The summed E-state index contributed by atoms with van der Waals surface area (Å²) < 4.78 is 0. The number of fused-ring (bicyclic) bond motifs is 1. The average Bonchev–Trinajstić information content (AvgIpc) is 2.99. The first-order chi connectivity index (χ1) is 13.6. The SMILES string of the molecule is Cc1sc2ncnc(NC3CCN(CC(=O)Nc4ccccc4)CC3)c2c1C. The number of anilines is 2. The van der Waals surface area contributed by atoms with Gasteiger partial charge in [-0.3, -0.25) is 9.69 Å². The molecule has 0 unspecified atom stereocenters. The van der Waals surface area contributed by atoms with Gasteiger partial charge in [0.2, 0.25) is 5.91 Å². The monoisotopic (exact) mass is 395 g/mol. The number of thiophene rings is 1. The van der Waals surface area contributed by atoms with Crippen molar-refractivity contribution in [2.75, 3.05) is 30.3 Å². The molecule has 0 bridgehead atoms. The number of aromatic nitrogens is 2. The van der Waals surface area contributed by atoms with Crippen LogP contribution in [0.15, 0.2) is 36.7 Å². The number of nitrogens with one attached hydrogen (secondary N) is 2. The lowest BCUT2D eigenvalue weighted by atomic mass is 10.0. The Morgan fingerprint density at radius 2 is 1.93 bits per heavy atom. The van der Waals surface area contributed by atoms with Crippen LogP contribution in [0.5, 0.6) is 0 Å². The molecule has 1 aliphatic rings. The Morgan fingerprint density at radius 1 is 1.18 bits per heavy atom. The zero-order valence-corrected chi connectivity index (χ0v) is 17.1. The molecule has 0 aliphatic carbocycles. The van der Waals surface area contributed by atoms with Crippen LogP contribution in [-0.4, -0.2) is 46.5 Å². The molecule has 0 saturated carbocycles. The van der Waals surface area contributed by atoms with E-state index in [1.165, 1.54) is 10.4 Å². The Kier molecular flexibility index (Phi) is 5.54. The number of aryl methyl sites for hydroxylation is 2. The van der Waals surface area contributed by atoms with Gasteiger partial charge in [-0.25, -0.2) is 9.97 Å². The molecule has 1 saturated heterocycles. The molecule has 3 heterocycles. The zero-order valence-electron chi connectivity index (χ0n) is 16.2. The van der Waals surface area contributed by atoms with Gasteiger partial charge < -0.3 is 10.6 Å². The van der Waals surface area contributed by atoms with E-state index in [-0.39, 0.29) is 5.91 Å². The molecule has 1 aromatic carbocycles. The molecule has 1 amide bonds. The van der Waals surface area contributed by atoms with Crippen LogP contribution in [0.1, 0.15) is 23.3 Å². The number of likely N-dealkylation sites (tertiary alicyclic amines) is 1. The summed E-state index contributed by atoms with van der Waals surface area (Å²) in [4.78, 5) is 25.7. The summed E-state index contributed by atoms with van der Waals surface area (Å²) in [5.41, 5.74) is 2.11. The van der Waals surface area contributed by atoms with Crippen molar-refractivity contribution in [3.05, 3.63) is 47.1 Å². The summed E-state index contributed by atoms with van der Waals surface area (Å²) in [7, 11) is 0. The fourth-order valence-electron chi connectivity index (χ4n) is 3.65. The van der Waals surface area contributed by atoms with Crippen molar-refractivity contribution in [1.82, 2.24) is 14.9 Å². The number of benzene rings is 1. The number of rotatable bonds is 5. The van der Waals surface area contributed by atoms with E-state index in [2.05, 4.69) is 39.3 Å². The number of carbonyl (C=O) groups excluding carboxylic acids is 1. The third kappa shape index (κ3) is 4.15. The van der Waals surface area contributed by atoms with Crippen molar-refractivity contribution in [2.24, 2.45) is 0 Å². The normalized spacial score (nSPS) is 15.6. The molecule has 4 rings (SSSR count). The van der Waals surface area contributed by atoms with Crippen molar-refractivity contribution in [3.8, 4) is 0 Å². The van der Waals surface area contributed by atoms with Crippen LogP contribution >= 0.6 is 11.3 Å². The molecule has 1 fully saturated rings. The quantitative estimate of drug-likeness (QED) is 0.687. The summed E-state index contributed by atoms with van der Waals surface area (Å²) in [5.74, 6) is 0.978. The van der Waals surface area contributed by atoms with Crippen LogP contribution < -0.4 is 10.6 Å². The van der Waals surface area contributed by atoms with Gasteiger partial charge in [0.1, 0.15) is 17.0 Å². The van der Waals surface area contributed by atoms with E-state index in [4.69, 9.17) is 0 Å². The van der Waals surface area contributed by atoms with Gasteiger partial charge in [0.25, 0.3) is 0 Å². The van der Waals surface area contributed by atoms with Crippen LogP contribution in [0.3, 0.4) is 0 Å². The number of piperidine rings is 1. The maximum atomic E-state index is 12.3. The molecule has 7 heteroatoms. The zero-order chi connectivity index (χ0) is 19.5. The molecule has 146 valence electrons. The van der Waals surface area contributed by atoms with Gasteiger partial charge in [0.05, 0.1) is 11.9 Å². The van der Waals surface area contributed by atoms with Gasteiger partial charge in [-0.2, -0.15) is 0 Å². The molecule has 2 N–H and O–H groups in total. The lowest BCUT2D eigenvalue weighted by molar-refractivity contribution is -0.117. The second-order valence-electron chi connectivity index (χ2n) is 7.29. The summed E-state index contributed by atoms with van der Waals surface area (Å²) in [5, 5.41) is 7.72. The third-order valence-corrected chi connectivity index (χ3v) is 6.43. The predicted molar refractivity (Wildman–Crippen MR) is 115 cm³/mol. The number of nitrogens with zero attached hydrogens (tertiary/aromatic N) is 3. The standard InChI is InChI=1S/C21H25N5OS/c1-14-15(2)28-21-19(14)20(22-13-23-21)25-17-8-10-26(11-9-17)12-18(27)24-16-6-4-3-5-7-16/h3-7,13,17H,8-12H2,1-2H3,(H,24,27)(H,22,23,25). The molecule has 2 aromatic heterocycles. The maximum Gasteiger partial charge on any atom is 0.238 e. The smallest absolute Gasteiger partial charge is 0.238 e. The molecular weight excluding hydrogens is 370 g/mol. The first-order valence-corrected chi connectivity index (χ1v) is 10.5. The fourth-order valence-corrected chi connectivity index (χ4v) is 4.64. The van der Waals surface area contributed by atoms with Crippen molar-refractivity contribution in [1.29, 1.82) is 0 Å². The summed E-state index contributed by atoms with van der Waals surface area (Å²) >= 11 is 1.72. The van der Waals surface area contributed by atoms with E-state index in [1.54, 1.807) is 17.7 Å². The third-order valence-electron chi connectivity index (χ3n) is 5.32. The van der Waals surface area contributed by atoms with Crippen molar-refractivity contribution < 1.29 is 4.79 Å². The van der Waals surface area contributed by atoms with Crippen molar-refractivity contribution in [3.63, 3.8) is 0 Å². The van der Waals surface area contributed by atoms with Gasteiger partial charge in [0.15, 0.2) is 0 Å². The van der Waals surface area contributed by atoms with E-state index in [1.807, 2.05) is 30.3 Å². The summed E-state index contributed by atoms with van der Waals surface area (Å²) in [6.45, 7) is 6.49. The molecule has 1 aliphatic heterocycles. The second-order valence-corrected chi connectivity index (χ2v) is 8.50. The number of hydrogen-bond donors (Lipinski definition) is 2. The number of amides is 1. The highest BCUT2D eigenvalue weighted by Crippen LogP contribution is 2.33. The van der Waals surface area contributed by atoms with E-state index in [0.29, 0.717) is 12.6 Å². The highest BCUT2D eigenvalue weighted by atomic mass is 32.1. The Hall–Kier alpha value is -2.51. The summed E-state index contributed by atoms with van der Waals surface area (Å²) in [6.07, 6.45) is 3.63. The first kappa shape index (κ1) is 18.8. The van der Waals surface area contributed by atoms with E-state index in [0.717, 1.165) is 47.7 Å². The summed E-state index contributed by atoms with van der Waals surface area (Å²) in [6, 6.07) is 9.97. The topological polar surface area (TPSA) is 70.2 Å². The van der Waals surface area contributed by atoms with Crippen molar-refractivity contribution in [2.45, 2.75) is 32.7 Å². The molecule has 0 atom stereocenters. The lowest BCUT2D eigenvalue weighted by Gasteiger charge is -2.32. The number of para-hydroxylation sites is 1. The Labute approximate surface area is 169 Å². The molecular formula is C21H25N5OS. The van der Waals surface area contributed by atoms with E-state index >= 15 is 0 Å². The van der Waals surface area contributed by atoms with E-state index < -0.39 is 0 Å². The minimum Gasteiger partial charge on any atom is -0.367 e. The largest absolute Gasteiger partial charge is 0.367 e. The fraction of sp³-hybridized carbons (Fsp3) is 0.381.